The third-order valence-electron chi connectivity index (χ3n) is 5.60. The Morgan fingerprint density at radius 3 is 2.12 bits per heavy atom. The Kier molecular flexibility index (Phi) is 8.02. The van der Waals surface area contributed by atoms with Crippen LogP contribution in [0.15, 0.2) is 30.3 Å². The average molecular weight is 363 g/mol. The van der Waals surface area contributed by atoms with E-state index in [9.17, 15) is 0 Å². The molecule has 1 aliphatic rings. The van der Waals surface area contributed by atoms with Gasteiger partial charge in [0.2, 0.25) is 0 Å². The van der Waals surface area contributed by atoms with E-state index in [-0.39, 0.29) is 5.22 Å². The number of ether oxygens (including phenoxy) is 2. The monoisotopic (exact) mass is 362 g/mol. The SMILES string of the molecule is CCCCCCCCCC[C@H]1O[C@]1(COc1ccccc1)[Si](C)(C)C. The van der Waals surface area contributed by atoms with Crippen LogP contribution < -0.4 is 4.74 Å². The van der Waals surface area contributed by atoms with Gasteiger partial charge in [-0.05, 0) is 18.6 Å². The summed E-state index contributed by atoms with van der Waals surface area (Å²) >= 11 is 0. The largest absolute Gasteiger partial charge is 0.491 e. The van der Waals surface area contributed by atoms with Gasteiger partial charge >= 0.3 is 0 Å². The van der Waals surface area contributed by atoms with Crippen molar-refractivity contribution < 1.29 is 9.47 Å². The first kappa shape index (κ1) is 20.5. The predicted octanol–water partition coefficient (Wildman–Crippen LogP) is 6.61. The van der Waals surface area contributed by atoms with Crippen LogP contribution in [0.1, 0.15) is 64.7 Å². The quantitative estimate of drug-likeness (QED) is 0.224. The van der Waals surface area contributed by atoms with Gasteiger partial charge in [-0.1, -0.05) is 96.1 Å². The van der Waals surface area contributed by atoms with E-state index in [0.29, 0.717) is 12.7 Å². The molecular formula is C22H38O2Si. The Balaban J connectivity index is 1.69. The molecule has 0 radical (unpaired) electrons. The molecule has 3 heteroatoms. The summed E-state index contributed by atoms with van der Waals surface area (Å²) in [6.07, 6.45) is 12.6. The van der Waals surface area contributed by atoms with Gasteiger partial charge in [0.25, 0.3) is 0 Å². The van der Waals surface area contributed by atoms with Gasteiger partial charge < -0.3 is 9.47 Å². The molecule has 2 nitrogen and oxygen atoms in total. The van der Waals surface area contributed by atoms with Crippen LogP contribution in [0.2, 0.25) is 19.6 Å². The van der Waals surface area contributed by atoms with Crippen LogP contribution in [0.25, 0.3) is 0 Å². The number of epoxide rings is 1. The highest BCUT2D eigenvalue weighted by molar-refractivity contribution is 6.80. The molecule has 2 rings (SSSR count). The molecule has 0 aliphatic carbocycles. The summed E-state index contributed by atoms with van der Waals surface area (Å²) in [5, 5.41) is 0.0178. The summed E-state index contributed by atoms with van der Waals surface area (Å²) in [5.74, 6) is 0.960. The second kappa shape index (κ2) is 9.77. The third kappa shape index (κ3) is 6.14. The van der Waals surface area contributed by atoms with Crippen molar-refractivity contribution in [2.75, 3.05) is 6.61 Å². The van der Waals surface area contributed by atoms with Crippen molar-refractivity contribution in [3.8, 4) is 5.75 Å². The van der Waals surface area contributed by atoms with Gasteiger partial charge in [0.05, 0.1) is 14.2 Å². The molecule has 142 valence electrons. The predicted molar refractivity (Wildman–Crippen MR) is 110 cm³/mol. The highest BCUT2D eigenvalue weighted by atomic mass is 28.3. The molecule has 1 aliphatic heterocycles. The molecule has 0 aromatic heterocycles. The summed E-state index contributed by atoms with van der Waals surface area (Å²) in [6.45, 7) is 10.2. The second-order valence-electron chi connectivity index (χ2n) is 8.61. The van der Waals surface area contributed by atoms with Crippen LogP contribution >= 0.6 is 0 Å². The molecule has 0 spiro atoms. The van der Waals surface area contributed by atoms with E-state index >= 15 is 0 Å². The minimum absolute atomic E-state index is 0.0178. The smallest absolute Gasteiger partial charge is 0.119 e. The van der Waals surface area contributed by atoms with Crippen LogP contribution in [0.5, 0.6) is 5.75 Å². The summed E-state index contributed by atoms with van der Waals surface area (Å²) in [6, 6.07) is 10.2. The topological polar surface area (TPSA) is 21.8 Å². The molecule has 0 N–H and O–H groups in total. The molecule has 2 atom stereocenters. The molecule has 1 aromatic rings. The number of benzene rings is 1. The first-order chi connectivity index (χ1) is 12.0. The minimum atomic E-state index is -1.43. The molecule has 0 bridgehead atoms. The fraction of sp³-hybridized carbons (Fsp3) is 0.727. The fourth-order valence-electron chi connectivity index (χ4n) is 3.69. The van der Waals surface area contributed by atoms with Crippen molar-refractivity contribution in [3.63, 3.8) is 0 Å². The van der Waals surface area contributed by atoms with Crippen molar-refractivity contribution in [1.82, 2.24) is 0 Å². The van der Waals surface area contributed by atoms with E-state index in [2.05, 4.69) is 26.6 Å². The Hall–Kier alpha value is -0.803. The number of unbranched alkanes of at least 4 members (excludes halogenated alkanes) is 7. The van der Waals surface area contributed by atoms with Gasteiger partial charge in [-0.15, -0.1) is 0 Å². The third-order valence-corrected chi connectivity index (χ3v) is 8.72. The normalized spacial score (nSPS) is 22.8. The van der Waals surface area contributed by atoms with Crippen molar-refractivity contribution in [2.24, 2.45) is 0 Å². The lowest BCUT2D eigenvalue weighted by Gasteiger charge is -2.26. The Morgan fingerprint density at radius 1 is 0.920 bits per heavy atom. The Morgan fingerprint density at radius 2 is 1.52 bits per heavy atom. The first-order valence-electron chi connectivity index (χ1n) is 10.4. The molecule has 25 heavy (non-hydrogen) atoms. The molecule has 1 fully saturated rings. The van der Waals surface area contributed by atoms with Gasteiger partial charge in [-0.2, -0.15) is 0 Å². The lowest BCUT2D eigenvalue weighted by Crippen LogP contribution is -2.48. The van der Waals surface area contributed by atoms with Crippen LogP contribution in [-0.2, 0) is 4.74 Å². The number of hydrogen-bond donors (Lipinski definition) is 0. The zero-order chi connectivity index (χ0) is 18.2. The second-order valence-corrected chi connectivity index (χ2v) is 14.0. The zero-order valence-electron chi connectivity index (χ0n) is 16.9. The molecule has 1 saturated heterocycles. The van der Waals surface area contributed by atoms with Crippen molar-refractivity contribution in [3.05, 3.63) is 30.3 Å². The maximum atomic E-state index is 6.29. The standard InChI is InChI=1S/C22H38O2Si/c1-5-6-7-8-9-10-11-15-18-21-22(24-21,25(2,3)4)19-23-20-16-13-12-14-17-20/h12-14,16-17,21H,5-11,15,18-19H2,1-4H3/t21-,22-/m1/s1. The molecule has 0 unspecified atom stereocenters. The maximum absolute atomic E-state index is 6.29. The van der Waals surface area contributed by atoms with Gasteiger partial charge in [-0.3, -0.25) is 0 Å². The summed E-state index contributed by atoms with van der Waals surface area (Å²) in [5.41, 5.74) is 0. The number of hydrogen-bond acceptors (Lipinski definition) is 2. The average Bonchev–Trinajstić information content (AvgIpc) is 3.31. The van der Waals surface area contributed by atoms with Crippen LogP contribution in [0.4, 0.5) is 0 Å². The van der Waals surface area contributed by atoms with E-state index in [1.165, 1.54) is 57.8 Å². The highest BCUT2D eigenvalue weighted by Gasteiger charge is 2.64. The molecule has 1 heterocycles. The van der Waals surface area contributed by atoms with Crippen LogP contribution in [0, 0.1) is 0 Å². The zero-order valence-corrected chi connectivity index (χ0v) is 17.9. The maximum Gasteiger partial charge on any atom is 0.119 e. The lowest BCUT2D eigenvalue weighted by atomic mass is 10.1. The molecule has 0 saturated carbocycles. The van der Waals surface area contributed by atoms with E-state index in [4.69, 9.17) is 9.47 Å². The molecule has 0 amide bonds. The van der Waals surface area contributed by atoms with E-state index in [1.54, 1.807) is 0 Å². The van der Waals surface area contributed by atoms with E-state index in [1.807, 2.05) is 30.3 Å². The van der Waals surface area contributed by atoms with Gasteiger partial charge in [-0.25, -0.2) is 0 Å². The van der Waals surface area contributed by atoms with E-state index in [0.717, 1.165) is 5.75 Å². The number of para-hydroxylation sites is 1. The Bertz CT molecular complexity index is 483. The molecule has 1 aromatic carbocycles. The van der Waals surface area contributed by atoms with Crippen molar-refractivity contribution >= 4 is 8.07 Å². The summed E-state index contributed by atoms with van der Waals surface area (Å²) in [7, 11) is -1.43. The van der Waals surface area contributed by atoms with Gasteiger partial charge in [0.1, 0.15) is 17.6 Å². The highest BCUT2D eigenvalue weighted by Crippen LogP contribution is 2.47. The fourth-order valence-corrected chi connectivity index (χ4v) is 5.80. The summed E-state index contributed by atoms with van der Waals surface area (Å²) in [4.78, 5) is 0. The number of rotatable bonds is 13. The van der Waals surface area contributed by atoms with Gasteiger partial charge in [0.15, 0.2) is 0 Å². The van der Waals surface area contributed by atoms with Crippen LogP contribution in [0.3, 0.4) is 0 Å². The summed E-state index contributed by atoms with van der Waals surface area (Å²) < 4.78 is 12.4. The first-order valence-corrected chi connectivity index (χ1v) is 13.9. The van der Waals surface area contributed by atoms with Crippen molar-refractivity contribution in [1.29, 1.82) is 0 Å². The van der Waals surface area contributed by atoms with E-state index < -0.39 is 8.07 Å². The lowest BCUT2D eigenvalue weighted by molar-refractivity contribution is 0.231. The minimum Gasteiger partial charge on any atom is -0.491 e. The van der Waals surface area contributed by atoms with Gasteiger partial charge in [0, 0.05) is 0 Å². The van der Waals surface area contributed by atoms with Crippen LogP contribution in [-0.4, -0.2) is 26.0 Å². The Labute approximate surface area is 156 Å². The van der Waals surface area contributed by atoms with Crippen molar-refractivity contribution in [2.45, 2.75) is 95.7 Å². The molecular weight excluding hydrogens is 324 g/mol.